The first-order valence-corrected chi connectivity index (χ1v) is 9.60. The second-order valence-corrected chi connectivity index (χ2v) is 6.72. The lowest BCUT2D eigenvalue weighted by atomic mass is 10.1. The molecule has 2 aromatic carbocycles. The number of methoxy groups -OCH3 is 1. The van der Waals surface area contributed by atoms with Crippen molar-refractivity contribution in [3.05, 3.63) is 54.1 Å². The smallest absolute Gasteiger partial charge is 0.387 e. The maximum absolute atomic E-state index is 12.9. The molecular formula is C22H25BrF2N2O3. The fraction of sp³-hybridized carbons (Fsp3) is 0.364. The number of nitrogens with zero attached hydrogens (tertiary/aromatic N) is 2. The SMILES string of the molecule is Br.COc1ccc(C(=O)CN(C2=NCCCCC2)c2ccc(OC(F)F)cc2)cc1. The molecule has 0 aliphatic carbocycles. The Bertz CT molecular complexity index is 842. The van der Waals surface area contributed by atoms with Crippen LogP contribution in [-0.2, 0) is 0 Å². The van der Waals surface area contributed by atoms with Crippen molar-refractivity contribution < 1.29 is 23.0 Å². The van der Waals surface area contributed by atoms with Gasteiger partial charge in [-0.15, -0.1) is 17.0 Å². The Balaban J connectivity index is 0.00000320. The molecule has 0 spiro atoms. The molecule has 0 atom stereocenters. The van der Waals surface area contributed by atoms with Crippen molar-refractivity contribution in [3.8, 4) is 11.5 Å². The number of anilines is 1. The van der Waals surface area contributed by atoms with Gasteiger partial charge >= 0.3 is 6.61 Å². The van der Waals surface area contributed by atoms with Gasteiger partial charge in [-0.1, -0.05) is 6.42 Å². The van der Waals surface area contributed by atoms with E-state index in [0.29, 0.717) is 17.0 Å². The van der Waals surface area contributed by atoms with Crippen LogP contribution in [0, 0.1) is 0 Å². The van der Waals surface area contributed by atoms with Gasteiger partial charge in [-0.25, -0.2) is 0 Å². The van der Waals surface area contributed by atoms with E-state index in [1.807, 2.05) is 4.90 Å². The Morgan fingerprint density at radius 1 is 1.03 bits per heavy atom. The molecule has 0 saturated heterocycles. The number of hydrogen-bond acceptors (Lipinski definition) is 5. The quantitative estimate of drug-likeness (QED) is 0.486. The van der Waals surface area contributed by atoms with Crippen LogP contribution < -0.4 is 14.4 Å². The van der Waals surface area contributed by atoms with E-state index in [-0.39, 0.29) is 35.1 Å². The monoisotopic (exact) mass is 482 g/mol. The van der Waals surface area contributed by atoms with Crippen LogP contribution in [0.2, 0.25) is 0 Å². The fourth-order valence-electron chi connectivity index (χ4n) is 3.23. The summed E-state index contributed by atoms with van der Waals surface area (Å²) < 4.78 is 34.4. The molecule has 2 aromatic rings. The first-order valence-electron chi connectivity index (χ1n) is 9.60. The summed E-state index contributed by atoms with van der Waals surface area (Å²) in [6.07, 6.45) is 3.88. The number of amidine groups is 1. The summed E-state index contributed by atoms with van der Waals surface area (Å²) in [4.78, 5) is 19.4. The molecule has 0 fully saturated rings. The van der Waals surface area contributed by atoms with Crippen LogP contribution in [0.15, 0.2) is 53.5 Å². The molecule has 0 saturated carbocycles. The molecule has 5 nitrogen and oxygen atoms in total. The Morgan fingerprint density at radius 2 is 1.70 bits per heavy atom. The molecule has 8 heteroatoms. The average molecular weight is 483 g/mol. The second kappa shape index (κ2) is 11.6. The zero-order chi connectivity index (χ0) is 20.6. The van der Waals surface area contributed by atoms with Crippen molar-refractivity contribution in [3.63, 3.8) is 0 Å². The van der Waals surface area contributed by atoms with Crippen LogP contribution >= 0.6 is 17.0 Å². The van der Waals surface area contributed by atoms with Crippen LogP contribution in [-0.4, -0.2) is 38.4 Å². The van der Waals surface area contributed by atoms with Crippen LogP contribution in [0.3, 0.4) is 0 Å². The topological polar surface area (TPSA) is 51.1 Å². The molecule has 0 bridgehead atoms. The molecule has 1 aliphatic rings. The zero-order valence-electron chi connectivity index (χ0n) is 16.7. The first kappa shape index (κ1) is 23.8. The molecule has 0 aromatic heterocycles. The van der Waals surface area contributed by atoms with Crippen LogP contribution in [0.25, 0.3) is 0 Å². The normalized spacial score (nSPS) is 13.7. The predicted molar refractivity (Wildman–Crippen MR) is 119 cm³/mol. The Labute approximate surface area is 185 Å². The number of Topliss-reactive ketones (excluding diaryl/α,β-unsaturated/α-hetero) is 1. The van der Waals surface area contributed by atoms with Crippen molar-refractivity contribution in [2.24, 2.45) is 4.99 Å². The predicted octanol–water partition coefficient (Wildman–Crippen LogP) is 5.54. The van der Waals surface area contributed by atoms with E-state index in [1.54, 1.807) is 43.5 Å². The third-order valence-corrected chi connectivity index (χ3v) is 4.75. The van der Waals surface area contributed by atoms with Crippen LogP contribution in [0.5, 0.6) is 11.5 Å². The van der Waals surface area contributed by atoms with Crippen molar-refractivity contribution in [2.75, 3.05) is 25.1 Å². The lowest BCUT2D eigenvalue weighted by molar-refractivity contribution is -0.0498. The van der Waals surface area contributed by atoms with Crippen molar-refractivity contribution in [2.45, 2.75) is 32.3 Å². The van der Waals surface area contributed by atoms with E-state index < -0.39 is 6.61 Å². The third kappa shape index (κ3) is 6.52. The standard InChI is InChI=1S/C22H24F2N2O3.BrH/c1-28-18-10-6-16(7-11-18)20(27)15-26(21-5-3-2-4-14-25-21)17-8-12-19(13-9-17)29-22(23)24;/h6-13,22H,2-5,14-15H2,1H3;1H. The summed E-state index contributed by atoms with van der Waals surface area (Å²) in [6.45, 7) is -2.05. The van der Waals surface area contributed by atoms with E-state index in [1.165, 1.54) is 12.1 Å². The van der Waals surface area contributed by atoms with Gasteiger partial charge in [0.1, 0.15) is 17.3 Å². The summed E-state index contributed by atoms with van der Waals surface area (Å²) in [5.74, 6) is 1.54. The number of benzene rings is 2. The summed E-state index contributed by atoms with van der Waals surface area (Å²) in [7, 11) is 1.57. The molecule has 3 rings (SSSR count). The second-order valence-electron chi connectivity index (χ2n) is 6.72. The van der Waals surface area contributed by atoms with Crippen molar-refractivity contribution in [1.82, 2.24) is 0 Å². The van der Waals surface area contributed by atoms with Gasteiger partial charge < -0.3 is 14.4 Å². The fourth-order valence-corrected chi connectivity index (χ4v) is 3.23. The Morgan fingerprint density at radius 3 is 2.33 bits per heavy atom. The molecule has 0 unspecified atom stereocenters. The minimum atomic E-state index is -2.88. The lowest BCUT2D eigenvalue weighted by Crippen LogP contribution is -2.36. The van der Waals surface area contributed by atoms with Gasteiger partial charge in [0.15, 0.2) is 5.78 Å². The molecular weight excluding hydrogens is 458 g/mol. The van der Waals surface area contributed by atoms with Gasteiger partial charge in [-0.05, 0) is 61.4 Å². The number of ketones is 1. The lowest BCUT2D eigenvalue weighted by Gasteiger charge is -2.26. The minimum Gasteiger partial charge on any atom is -0.497 e. The highest BCUT2D eigenvalue weighted by Gasteiger charge is 2.20. The number of halogens is 3. The molecule has 1 aliphatic heterocycles. The summed E-state index contributed by atoms with van der Waals surface area (Å²) >= 11 is 0. The number of carbonyl (C=O) groups is 1. The molecule has 1 heterocycles. The number of aliphatic imine (C=N–C) groups is 1. The molecule has 0 amide bonds. The van der Waals surface area contributed by atoms with Gasteiger partial charge in [-0.3, -0.25) is 9.79 Å². The van der Waals surface area contributed by atoms with E-state index in [9.17, 15) is 13.6 Å². The van der Waals surface area contributed by atoms with Crippen LogP contribution in [0.1, 0.15) is 36.0 Å². The maximum Gasteiger partial charge on any atom is 0.387 e. The third-order valence-electron chi connectivity index (χ3n) is 4.75. The maximum atomic E-state index is 12.9. The first-order chi connectivity index (χ1) is 14.1. The summed E-state index contributed by atoms with van der Waals surface area (Å²) in [5.41, 5.74) is 1.29. The summed E-state index contributed by atoms with van der Waals surface area (Å²) in [6, 6.07) is 13.3. The highest BCUT2D eigenvalue weighted by Crippen LogP contribution is 2.24. The van der Waals surface area contributed by atoms with E-state index in [0.717, 1.165) is 38.1 Å². The van der Waals surface area contributed by atoms with Gasteiger partial charge in [0.05, 0.1) is 13.7 Å². The Kier molecular flexibility index (Phi) is 9.23. The number of carbonyl (C=O) groups excluding carboxylic acids is 1. The van der Waals surface area contributed by atoms with E-state index >= 15 is 0 Å². The van der Waals surface area contributed by atoms with Gasteiger partial charge in [0.25, 0.3) is 0 Å². The molecule has 0 radical (unpaired) electrons. The number of alkyl halides is 2. The Hall–Kier alpha value is -2.48. The highest BCUT2D eigenvalue weighted by atomic mass is 79.9. The summed E-state index contributed by atoms with van der Waals surface area (Å²) in [5, 5.41) is 0. The van der Waals surface area contributed by atoms with Crippen molar-refractivity contribution in [1.29, 1.82) is 0 Å². The van der Waals surface area contributed by atoms with Gasteiger partial charge in [0.2, 0.25) is 0 Å². The number of ether oxygens (including phenoxy) is 2. The average Bonchev–Trinajstić information content (AvgIpc) is 3.01. The van der Waals surface area contributed by atoms with Gasteiger partial charge in [0, 0.05) is 24.2 Å². The number of rotatable bonds is 7. The number of hydrogen-bond donors (Lipinski definition) is 0. The van der Waals surface area contributed by atoms with Crippen molar-refractivity contribution >= 4 is 34.3 Å². The van der Waals surface area contributed by atoms with E-state index in [2.05, 4.69) is 9.73 Å². The van der Waals surface area contributed by atoms with Crippen LogP contribution in [0.4, 0.5) is 14.5 Å². The van der Waals surface area contributed by atoms with Gasteiger partial charge in [-0.2, -0.15) is 8.78 Å². The van der Waals surface area contributed by atoms with E-state index in [4.69, 9.17) is 4.74 Å². The molecule has 0 N–H and O–H groups in total. The molecule has 162 valence electrons. The zero-order valence-corrected chi connectivity index (χ0v) is 18.4. The largest absolute Gasteiger partial charge is 0.497 e. The molecule has 30 heavy (non-hydrogen) atoms. The highest BCUT2D eigenvalue weighted by molar-refractivity contribution is 8.93. The minimum absolute atomic E-state index is 0.